The topological polar surface area (TPSA) is 73.6 Å². The second kappa shape index (κ2) is 12.1. The van der Waals surface area contributed by atoms with Crippen LogP contribution >= 0.6 is 43.5 Å². The zero-order chi connectivity index (χ0) is 28.2. The third kappa shape index (κ3) is 6.31. The van der Waals surface area contributed by atoms with Gasteiger partial charge in [-0.05, 0) is 70.9 Å². The maximum atomic E-state index is 13.5. The number of aryl methyl sites for hydroxylation is 1. The summed E-state index contributed by atoms with van der Waals surface area (Å²) in [6.07, 6.45) is 4.43. The lowest BCUT2D eigenvalue weighted by Gasteiger charge is -2.11. The van der Waals surface area contributed by atoms with Crippen molar-refractivity contribution in [2.75, 3.05) is 0 Å². The minimum Gasteiger partial charge on any atom is -0.421 e. The number of nitrogens with zero attached hydrogens (tertiary/aromatic N) is 3. The third-order valence-electron chi connectivity index (χ3n) is 5.90. The highest BCUT2D eigenvalue weighted by Gasteiger charge is 2.15. The number of benzene rings is 4. The molecule has 0 N–H and O–H groups in total. The minimum atomic E-state index is -0.586. The van der Waals surface area contributed by atoms with Gasteiger partial charge in [0.25, 0.3) is 5.56 Å². The van der Waals surface area contributed by atoms with Crippen LogP contribution in [-0.2, 0) is 4.79 Å². The summed E-state index contributed by atoms with van der Waals surface area (Å²) in [4.78, 5) is 31.0. The van der Waals surface area contributed by atoms with E-state index < -0.39 is 5.97 Å². The number of aromatic nitrogens is 2. The molecule has 5 aromatic rings. The Labute approximate surface area is 251 Å². The number of hydrogen-bond acceptors (Lipinski definition) is 5. The van der Waals surface area contributed by atoms with Gasteiger partial charge in [0.1, 0.15) is 0 Å². The van der Waals surface area contributed by atoms with Crippen LogP contribution in [0.25, 0.3) is 28.4 Å². The van der Waals surface area contributed by atoms with E-state index in [1.807, 2.05) is 37.3 Å². The highest BCUT2D eigenvalue weighted by Crippen LogP contribution is 2.32. The fourth-order valence-electron chi connectivity index (χ4n) is 3.90. The molecule has 40 heavy (non-hydrogen) atoms. The van der Waals surface area contributed by atoms with Gasteiger partial charge in [0, 0.05) is 26.7 Å². The van der Waals surface area contributed by atoms with Crippen molar-refractivity contribution in [3.8, 4) is 17.1 Å². The Morgan fingerprint density at radius 1 is 1.00 bits per heavy atom. The molecule has 0 aliphatic rings. The second-order valence-corrected chi connectivity index (χ2v) is 11.0. The molecule has 0 saturated heterocycles. The molecule has 0 fully saturated rings. The molecular weight excluding hydrogens is 658 g/mol. The molecule has 9 heteroatoms. The first kappa shape index (κ1) is 27.7. The van der Waals surface area contributed by atoms with Crippen molar-refractivity contribution in [2.24, 2.45) is 5.10 Å². The number of carbonyl (C=O) groups excluding carboxylic acids is 1. The predicted molar refractivity (Wildman–Crippen MR) is 167 cm³/mol. The van der Waals surface area contributed by atoms with E-state index in [0.29, 0.717) is 31.8 Å². The zero-order valence-electron chi connectivity index (χ0n) is 21.0. The van der Waals surface area contributed by atoms with Crippen LogP contribution in [0, 0.1) is 6.92 Å². The summed E-state index contributed by atoms with van der Waals surface area (Å²) in [5.41, 5.74) is 3.32. The van der Waals surface area contributed by atoms with E-state index in [2.05, 4.69) is 37.0 Å². The number of para-hydroxylation sites is 1. The monoisotopic (exact) mass is 675 g/mol. The predicted octanol–water partition coefficient (Wildman–Crippen LogP) is 8.05. The molecule has 0 bridgehead atoms. The summed E-state index contributed by atoms with van der Waals surface area (Å²) in [6.45, 7) is 1.99. The quantitative estimate of drug-likeness (QED) is 0.0789. The molecule has 0 amide bonds. The molecule has 6 nitrogen and oxygen atoms in total. The molecule has 0 saturated carbocycles. The van der Waals surface area contributed by atoms with E-state index in [9.17, 15) is 9.59 Å². The lowest BCUT2D eigenvalue weighted by molar-refractivity contribution is -0.128. The number of carbonyl (C=O) groups is 1. The van der Waals surface area contributed by atoms with Crippen molar-refractivity contribution in [3.05, 3.63) is 132 Å². The van der Waals surface area contributed by atoms with Gasteiger partial charge in [-0.15, -0.1) is 0 Å². The Hall–Kier alpha value is -3.85. The van der Waals surface area contributed by atoms with Gasteiger partial charge in [-0.1, -0.05) is 81.6 Å². The number of rotatable bonds is 6. The van der Waals surface area contributed by atoms with Crippen molar-refractivity contribution in [1.29, 1.82) is 0 Å². The van der Waals surface area contributed by atoms with E-state index in [4.69, 9.17) is 21.3 Å². The number of ether oxygens (including phenoxy) is 1. The average Bonchev–Trinajstić information content (AvgIpc) is 2.94. The highest BCUT2D eigenvalue weighted by molar-refractivity contribution is 9.11. The van der Waals surface area contributed by atoms with Crippen LogP contribution < -0.4 is 10.3 Å². The Balaban J connectivity index is 1.54. The van der Waals surface area contributed by atoms with Gasteiger partial charge in [-0.3, -0.25) is 4.79 Å². The first-order valence-electron chi connectivity index (χ1n) is 12.1. The van der Waals surface area contributed by atoms with Crippen LogP contribution in [0.3, 0.4) is 0 Å². The van der Waals surface area contributed by atoms with Gasteiger partial charge in [0.05, 0.1) is 21.6 Å². The first-order valence-corrected chi connectivity index (χ1v) is 14.0. The van der Waals surface area contributed by atoms with Crippen molar-refractivity contribution in [2.45, 2.75) is 6.92 Å². The van der Waals surface area contributed by atoms with Crippen LogP contribution in [0.4, 0.5) is 0 Å². The first-order chi connectivity index (χ1) is 19.3. The number of esters is 1. The molecule has 0 atom stereocenters. The van der Waals surface area contributed by atoms with Crippen molar-refractivity contribution >= 4 is 72.6 Å². The summed E-state index contributed by atoms with van der Waals surface area (Å²) < 4.78 is 8.19. The molecule has 0 spiro atoms. The van der Waals surface area contributed by atoms with Gasteiger partial charge in [0.15, 0.2) is 11.6 Å². The molecule has 1 aromatic heterocycles. The van der Waals surface area contributed by atoms with E-state index in [-0.39, 0.29) is 11.3 Å². The van der Waals surface area contributed by atoms with E-state index in [0.717, 1.165) is 21.2 Å². The number of hydrogen-bond donors (Lipinski definition) is 0. The Morgan fingerprint density at radius 2 is 1.73 bits per heavy atom. The largest absolute Gasteiger partial charge is 0.421 e. The summed E-state index contributed by atoms with van der Waals surface area (Å²) in [5, 5.41) is 5.57. The van der Waals surface area contributed by atoms with Crippen molar-refractivity contribution in [3.63, 3.8) is 0 Å². The molecule has 0 aliphatic heterocycles. The lowest BCUT2D eigenvalue weighted by Crippen LogP contribution is -2.20. The molecule has 1 heterocycles. The van der Waals surface area contributed by atoms with Crippen LogP contribution in [0.1, 0.15) is 16.7 Å². The fourth-order valence-corrected chi connectivity index (χ4v) is 5.36. The van der Waals surface area contributed by atoms with Crippen molar-refractivity contribution < 1.29 is 9.53 Å². The zero-order valence-corrected chi connectivity index (χ0v) is 24.9. The summed E-state index contributed by atoms with van der Waals surface area (Å²) in [5.74, 6) is 0.0485. The Kier molecular flexibility index (Phi) is 8.40. The van der Waals surface area contributed by atoms with Gasteiger partial charge in [-0.25, -0.2) is 9.78 Å². The summed E-state index contributed by atoms with van der Waals surface area (Å²) in [6, 6.07) is 25.4. The maximum absolute atomic E-state index is 13.5. The van der Waals surface area contributed by atoms with E-state index in [1.54, 1.807) is 60.7 Å². The Morgan fingerprint density at radius 3 is 2.48 bits per heavy atom. The van der Waals surface area contributed by atoms with E-state index >= 15 is 0 Å². The fraction of sp³-hybridized carbons (Fsp3) is 0.0323. The van der Waals surface area contributed by atoms with Crippen molar-refractivity contribution in [1.82, 2.24) is 9.66 Å². The van der Waals surface area contributed by atoms with Crippen LogP contribution in [0.5, 0.6) is 5.75 Å². The van der Waals surface area contributed by atoms with Crippen LogP contribution in [0.15, 0.2) is 110 Å². The van der Waals surface area contributed by atoms with Crippen LogP contribution in [0.2, 0.25) is 5.02 Å². The third-order valence-corrected chi connectivity index (χ3v) is 7.20. The SMILES string of the molecule is Cc1ccc(-c2nc3ccccc3c(=O)n2N=Cc2cc(Br)cc(Br)c2OC(=O)/C=C/c2ccc(Cl)cc2)cc1. The molecule has 198 valence electrons. The molecule has 0 unspecified atom stereocenters. The number of fused-ring (bicyclic) bond motifs is 1. The standard InChI is InChI=1S/C31H20Br2ClN3O3/c1-19-6-11-21(12-7-19)30-36-27-5-3-2-4-25(27)31(39)37(30)35-18-22-16-23(32)17-26(33)29(22)40-28(38)15-10-20-8-13-24(34)14-9-20/h2-18H,1H3/b15-10+,35-18?. The second-order valence-electron chi connectivity index (χ2n) is 8.79. The Bertz CT molecular complexity index is 1850. The van der Waals surface area contributed by atoms with E-state index in [1.165, 1.54) is 17.0 Å². The van der Waals surface area contributed by atoms with Gasteiger partial charge in [0.2, 0.25) is 0 Å². The highest BCUT2D eigenvalue weighted by atomic mass is 79.9. The average molecular weight is 678 g/mol. The molecule has 0 radical (unpaired) electrons. The smallest absolute Gasteiger partial charge is 0.336 e. The van der Waals surface area contributed by atoms with Gasteiger partial charge in [-0.2, -0.15) is 9.78 Å². The molecule has 0 aliphatic carbocycles. The minimum absolute atomic E-state index is 0.247. The summed E-state index contributed by atoms with van der Waals surface area (Å²) in [7, 11) is 0. The molecule has 4 aromatic carbocycles. The summed E-state index contributed by atoms with van der Waals surface area (Å²) >= 11 is 12.9. The van der Waals surface area contributed by atoms with Crippen LogP contribution in [-0.4, -0.2) is 21.8 Å². The number of halogens is 3. The molecular formula is C31H20Br2ClN3O3. The lowest BCUT2D eigenvalue weighted by atomic mass is 10.1. The van der Waals surface area contributed by atoms with Gasteiger partial charge < -0.3 is 4.74 Å². The molecule has 5 rings (SSSR count). The normalized spacial score (nSPS) is 11.5. The maximum Gasteiger partial charge on any atom is 0.336 e. The van der Waals surface area contributed by atoms with Gasteiger partial charge >= 0.3 is 5.97 Å².